The summed E-state index contributed by atoms with van der Waals surface area (Å²) < 4.78 is 0. The van der Waals surface area contributed by atoms with Crippen molar-refractivity contribution in [2.45, 2.75) is 31.8 Å². The number of aliphatic hydroxyl groups is 1. The van der Waals surface area contributed by atoms with Crippen LogP contribution in [0, 0.1) is 0 Å². The maximum atomic E-state index is 9.11. The van der Waals surface area contributed by atoms with Gasteiger partial charge in [0.25, 0.3) is 0 Å². The lowest BCUT2D eigenvalue weighted by atomic mass is 9.89. The maximum Gasteiger partial charge on any atom is 0.0681 e. The highest BCUT2D eigenvalue weighted by Crippen LogP contribution is 2.28. The Morgan fingerprint density at radius 1 is 1.14 bits per heavy atom. The van der Waals surface area contributed by atoms with Gasteiger partial charge >= 0.3 is 0 Å². The van der Waals surface area contributed by atoms with Crippen molar-refractivity contribution in [2.75, 3.05) is 32.7 Å². The van der Waals surface area contributed by atoms with Crippen LogP contribution in [0.15, 0.2) is 35.9 Å². The van der Waals surface area contributed by atoms with Gasteiger partial charge in [-0.25, -0.2) is 0 Å². The van der Waals surface area contributed by atoms with Gasteiger partial charge in [0.15, 0.2) is 0 Å². The average molecular weight is 286 g/mol. The second-order valence-electron chi connectivity index (χ2n) is 6.27. The van der Waals surface area contributed by atoms with Crippen molar-refractivity contribution in [3.8, 4) is 0 Å². The summed E-state index contributed by atoms with van der Waals surface area (Å²) in [5.41, 5.74) is 4.06. The predicted octanol–water partition coefficient (Wildman–Crippen LogP) is 2.28. The Bertz CT molecular complexity index is 472. The zero-order chi connectivity index (χ0) is 14.5. The fourth-order valence-corrected chi connectivity index (χ4v) is 3.42. The zero-order valence-electron chi connectivity index (χ0n) is 12.7. The van der Waals surface area contributed by atoms with Crippen molar-refractivity contribution < 1.29 is 5.11 Å². The van der Waals surface area contributed by atoms with Gasteiger partial charge in [-0.3, -0.25) is 4.90 Å². The first-order chi connectivity index (χ1) is 10.3. The average Bonchev–Trinajstić information content (AvgIpc) is 2.57. The number of aliphatic hydroxyl groups excluding tert-OH is 1. The normalized spacial score (nSPS) is 21.3. The minimum absolute atomic E-state index is 0.142. The summed E-state index contributed by atoms with van der Waals surface area (Å²) in [6.45, 7) is 5.90. The molecule has 0 unspecified atom stereocenters. The van der Waals surface area contributed by atoms with E-state index in [9.17, 15) is 0 Å². The fourth-order valence-electron chi connectivity index (χ4n) is 3.42. The van der Waals surface area contributed by atoms with Crippen molar-refractivity contribution in [3.63, 3.8) is 0 Å². The molecule has 2 aliphatic heterocycles. The summed E-state index contributed by atoms with van der Waals surface area (Å²) >= 11 is 0. The minimum Gasteiger partial charge on any atom is -0.392 e. The van der Waals surface area contributed by atoms with Gasteiger partial charge in [0.05, 0.1) is 6.61 Å². The highest BCUT2D eigenvalue weighted by molar-refractivity contribution is 5.25. The second kappa shape index (κ2) is 7.21. The van der Waals surface area contributed by atoms with Crippen LogP contribution in [0.2, 0.25) is 0 Å². The van der Waals surface area contributed by atoms with Crippen LogP contribution >= 0.6 is 0 Å². The van der Waals surface area contributed by atoms with Crippen molar-refractivity contribution in [1.82, 2.24) is 10.2 Å². The van der Waals surface area contributed by atoms with Crippen LogP contribution in [0.25, 0.3) is 0 Å². The Morgan fingerprint density at radius 2 is 1.90 bits per heavy atom. The van der Waals surface area contributed by atoms with Gasteiger partial charge in [0.1, 0.15) is 0 Å². The quantitative estimate of drug-likeness (QED) is 0.834. The summed E-state index contributed by atoms with van der Waals surface area (Å²) in [7, 11) is 0. The van der Waals surface area contributed by atoms with Crippen molar-refractivity contribution in [2.24, 2.45) is 0 Å². The van der Waals surface area contributed by atoms with Crippen molar-refractivity contribution in [3.05, 3.63) is 47.0 Å². The predicted molar refractivity (Wildman–Crippen MR) is 86.3 cm³/mol. The molecule has 114 valence electrons. The monoisotopic (exact) mass is 286 g/mol. The van der Waals surface area contributed by atoms with E-state index in [2.05, 4.69) is 40.6 Å². The molecular formula is C18H26N2O. The Balaban J connectivity index is 1.51. The Hall–Kier alpha value is -1.16. The van der Waals surface area contributed by atoms with E-state index in [1.54, 1.807) is 5.57 Å². The summed E-state index contributed by atoms with van der Waals surface area (Å²) in [4.78, 5) is 2.61. The SMILES string of the molecule is OCc1ccc(C2CCN(CC3=CCNCC3)CC2)cc1. The molecule has 0 amide bonds. The molecule has 0 bridgehead atoms. The number of likely N-dealkylation sites (tertiary alicyclic amines) is 1. The first-order valence-electron chi connectivity index (χ1n) is 8.16. The van der Waals surface area contributed by atoms with E-state index in [1.165, 1.54) is 37.9 Å². The number of hydrogen-bond donors (Lipinski definition) is 2. The molecule has 0 atom stereocenters. The van der Waals surface area contributed by atoms with E-state index in [0.717, 1.165) is 25.2 Å². The molecule has 0 radical (unpaired) electrons. The standard InChI is InChI=1S/C18H26N2O/c21-14-16-1-3-17(4-2-16)18-7-11-20(12-8-18)13-15-5-9-19-10-6-15/h1-5,18-19,21H,6-14H2. The minimum atomic E-state index is 0.142. The Labute approximate surface area is 127 Å². The lowest BCUT2D eigenvalue weighted by Crippen LogP contribution is -2.35. The van der Waals surface area contributed by atoms with E-state index in [4.69, 9.17) is 5.11 Å². The summed E-state index contributed by atoms with van der Waals surface area (Å²) in [5, 5.41) is 12.5. The van der Waals surface area contributed by atoms with Crippen molar-refractivity contribution >= 4 is 0 Å². The van der Waals surface area contributed by atoms with E-state index in [1.807, 2.05) is 0 Å². The molecule has 1 aromatic carbocycles. The lowest BCUT2D eigenvalue weighted by Gasteiger charge is -2.33. The number of piperidine rings is 1. The van der Waals surface area contributed by atoms with Gasteiger partial charge in [0.2, 0.25) is 0 Å². The number of benzene rings is 1. The molecular weight excluding hydrogens is 260 g/mol. The van der Waals surface area contributed by atoms with Gasteiger partial charge in [-0.2, -0.15) is 0 Å². The van der Waals surface area contributed by atoms with Crippen LogP contribution < -0.4 is 5.32 Å². The molecule has 2 heterocycles. The molecule has 0 aliphatic carbocycles. The molecule has 0 spiro atoms. The maximum absolute atomic E-state index is 9.11. The number of rotatable bonds is 4. The fraction of sp³-hybridized carbons (Fsp3) is 0.556. The summed E-state index contributed by atoms with van der Waals surface area (Å²) in [6.07, 6.45) is 6.08. The van der Waals surface area contributed by atoms with Crippen LogP contribution in [0.5, 0.6) is 0 Å². The molecule has 21 heavy (non-hydrogen) atoms. The van der Waals surface area contributed by atoms with E-state index >= 15 is 0 Å². The van der Waals surface area contributed by atoms with Gasteiger partial charge in [-0.1, -0.05) is 35.9 Å². The molecule has 1 saturated heterocycles. The third kappa shape index (κ3) is 3.94. The van der Waals surface area contributed by atoms with Crippen molar-refractivity contribution in [1.29, 1.82) is 0 Å². The second-order valence-corrected chi connectivity index (χ2v) is 6.27. The van der Waals surface area contributed by atoms with Crippen LogP contribution in [0.1, 0.15) is 36.3 Å². The highest BCUT2D eigenvalue weighted by Gasteiger charge is 2.21. The number of nitrogens with one attached hydrogen (secondary N) is 1. The first-order valence-corrected chi connectivity index (χ1v) is 8.16. The molecule has 3 heteroatoms. The smallest absolute Gasteiger partial charge is 0.0681 e. The molecule has 3 nitrogen and oxygen atoms in total. The first kappa shape index (κ1) is 14.8. The third-order valence-electron chi connectivity index (χ3n) is 4.81. The molecule has 3 rings (SSSR count). The lowest BCUT2D eigenvalue weighted by molar-refractivity contribution is 0.225. The summed E-state index contributed by atoms with van der Waals surface area (Å²) in [6, 6.07) is 8.51. The van der Waals surface area contributed by atoms with Crippen LogP contribution in [0.3, 0.4) is 0 Å². The molecule has 0 aromatic heterocycles. The largest absolute Gasteiger partial charge is 0.392 e. The Kier molecular flexibility index (Phi) is 5.07. The third-order valence-corrected chi connectivity index (χ3v) is 4.81. The topological polar surface area (TPSA) is 35.5 Å². The zero-order valence-corrected chi connectivity index (χ0v) is 12.7. The number of hydrogen-bond acceptors (Lipinski definition) is 3. The van der Waals surface area contributed by atoms with Crippen LogP contribution in [-0.4, -0.2) is 42.7 Å². The van der Waals surface area contributed by atoms with Gasteiger partial charge in [-0.15, -0.1) is 0 Å². The van der Waals surface area contributed by atoms with Crippen LogP contribution in [0.4, 0.5) is 0 Å². The highest BCUT2D eigenvalue weighted by atomic mass is 16.3. The molecule has 2 aliphatic rings. The molecule has 1 aromatic rings. The van der Waals surface area contributed by atoms with Gasteiger partial charge in [0, 0.05) is 13.1 Å². The van der Waals surface area contributed by atoms with Crippen LogP contribution in [-0.2, 0) is 6.61 Å². The van der Waals surface area contributed by atoms with E-state index in [0.29, 0.717) is 5.92 Å². The molecule has 1 fully saturated rings. The van der Waals surface area contributed by atoms with Gasteiger partial charge < -0.3 is 10.4 Å². The van der Waals surface area contributed by atoms with Gasteiger partial charge in [-0.05, 0) is 55.9 Å². The van der Waals surface area contributed by atoms with E-state index in [-0.39, 0.29) is 6.61 Å². The van der Waals surface area contributed by atoms with E-state index < -0.39 is 0 Å². The molecule has 2 N–H and O–H groups in total. The Morgan fingerprint density at radius 3 is 2.52 bits per heavy atom. The summed E-state index contributed by atoms with van der Waals surface area (Å²) in [5.74, 6) is 0.691. The molecule has 0 saturated carbocycles. The number of nitrogens with zero attached hydrogens (tertiary/aromatic N) is 1.